The van der Waals surface area contributed by atoms with Gasteiger partial charge in [0.25, 0.3) is 0 Å². The lowest BCUT2D eigenvalue weighted by Crippen LogP contribution is -2.38. The van der Waals surface area contributed by atoms with Crippen molar-refractivity contribution in [3.05, 3.63) is 23.8 Å². The van der Waals surface area contributed by atoms with Crippen LogP contribution in [0.4, 0.5) is 10.5 Å². The van der Waals surface area contributed by atoms with Crippen molar-refractivity contribution in [2.75, 3.05) is 11.9 Å². The zero-order valence-electron chi connectivity index (χ0n) is 12.8. The second kappa shape index (κ2) is 6.99. The summed E-state index contributed by atoms with van der Waals surface area (Å²) in [5.74, 6) is 0. The first-order valence-electron chi connectivity index (χ1n) is 6.69. The van der Waals surface area contributed by atoms with E-state index in [4.69, 9.17) is 5.11 Å². The molecule has 0 saturated carbocycles. The molecule has 1 atom stereocenters. The Morgan fingerprint density at radius 3 is 2.55 bits per heavy atom. The smallest absolute Gasteiger partial charge is 0.319 e. The van der Waals surface area contributed by atoms with E-state index in [2.05, 4.69) is 37.5 Å². The third-order valence-corrected chi connectivity index (χ3v) is 3.62. The summed E-state index contributed by atoms with van der Waals surface area (Å²) in [7, 11) is 0. The Balaban J connectivity index is 2.71. The van der Waals surface area contributed by atoms with Gasteiger partial charge >= 0.3 is 6.03 Å². The number of benzene rings is 1. The summed E-state index contributed by atoms with van der Waals surface area (Å²) >= 11 is 1.80. The minimum Gasteiger partial charge on any atom is -0.394 e. The third-order valence-electron chi connectivity index (χ3n) is 2.52. The van der Waals surface area contributed by atoms with E-state index in [1.165, 1.54) is 4.90 Å². The highest BCUT2D eigenvalue weighted by molar-refractivity contribution is 8.00. The van der Waals surface area contributed by atoms with Gasteiger partial charge in [-0.1, -0.05) is 20.8 Å². The fourth-order valence-corrected chi connectivity index (χ4v) is 2.70. The lowest BCUT2D eigenvalue weighted by Gasteiger charge is -2.19. The Hall–Kier alpha value is -1.20. The quantitative estimate of drug-likeness (QED) is 0.746. The van der Waals surface area contributed by atoms with Crippen molar-refractivity contribution in [1.82, 2.24) is 5.32 Å². The summed E-state index contributed by atoms with van der Waals surface area (Å²) in [6.07, 6.45) is 0. The van der Waals surface area contributed by atoms with Gasteiger partial charge in [0.15, 0.2) is 0 Å². The summed E-state index contributed by atoms with van der Waals surface area (Å²) in [5.41, 5.74) is 1.80. The molecule has 3 N–H and O–H groups in total. The van der Waals surface area contributed by atoms with Crippen molar-refractivity contribution in [2.24, 2.45) is 0 Å². The Morgan fingerprint density at radius 1 is 1.40 bits per heavy atom. The standard InChI is InChI=1S/C15H24N2O2S/c1-10-8-12(20-15(3,4)5)6-7-13(10)17-14(19)16-11(2)9-18/h6-8,11,18H,9H2,1-5H3,(H2,16,17,19). The van der Waals surface area contributed by atoms with Gasteiger partial charge in [0.1, 0.15) is 0 Å². The second-order valence-electron chi connectivity index (χ2n) is 5.87. The number of carbonyl (C=O) groups excluding carboxylic acids is 1. The molecular weight excluding hydrogens is 272 g/mol. The molecule has 0 radical (unpaired) electrons. The molecule has 1 unspecified atom stereocenters. The van der Waals surface area contributed by atoms with Crippen molar-refractivity contribution in [3.63, 3.8) is 0 Å². The van der Waals surface area contributed by atoms with Gasteiger partial charge in [0.05, 0.1) is 12.6 Å². The number of thioether (sulfide) groups is 1. The van der Waals surface area contributed by atoms with Gasteiger partial charge in [-0.25, -0.2) is 4.79 Å². The summed E-state index contributed by atoms with van der Waals surface area (Å²) in [6.45, 7) is 10.1. The SMILES string of the molecule is Cc1cc(SC(C)(C)C)ccc1NC(=O)NC(C)CO. The van der Waals surface area contributed by atoms with E-state index in [9.17, 15) is 4.79 Å². The maximum atomic E-state index is 11.7. The van der Waals surface area contributed by atoms with Crippen LogP contribution in [0.3, 0.4) is 0 Å². The first-order valence-corrected chi connectivity index (χ1v) is 7.51. The number of aliphatic hydroxyl groups excluding tert-OH is 1. The van der Waals surface area contributed by atoms with E-state index < -0.39 is 0 Å². The van der Waals surface area contributed by atoms with Gasteiger partial charge in [-0.05, 0) is 37.6 Å². The highest BCUT2D eigenvalue weighted by atomic mass is 32.2. The van der Waals surface area contributed by atoms with Crippen molar-refractivity contribution in [2.45, 2.75) is 50.3 Å². The highest BCUT2D eigenvalue weighted by Crippen LogP contribution is 2.33. The number of aryl methyl sites for hydroxylation is 1. The van der Waals surface area contributed by atoms with Crippen molar-refractivity contribution in [3.8, 4) is 0 Å². The molecule has 4 nitrogen and oxygen atoms in total. The molecule has 1 aromatic rings. The lowest BCUT2D eigenvalue weighted by atomic mass is 10.2. The van der Waals surface area contributed by atoms with Crippen molar-refractivity contribution < 1.29 is 9.90 Å². The van der Waals surface area contributed by atoms with Crippen LogP contribution >= 0.6 is 11.8 Å². The molecule has 0 aliphatic carbocycles. The number of anilines is 1. The van der Waals surface area contributed by atoms with E-state index in [1.54, 1.807) is 18.7 Å². The fourth-order valence-electron chi connectivity index (χ4n) is 1.62. The van der Waals surface area contributed by atoms with Crippen molar-refractivity contribution in [1.29, 1.82) is 0 Å². The molecule has 0 fully saturated rings. The summed E-state index contributed by atoms with van der Waals surface area (Å²) in [4.78, 5) is 12.9. The van der Waals surface area contributed by atoms with Crippen LogP contribution in [0.1, 0.15) is 33.3 Å². The van der Waals surface area contributed by atoms with Crippen molar-refractivity contribution >= 4 is 23.5 Å². The molecule has 5 heteroatoms. The predicted octanol–water partition coefficient (Wildman–Crippen LogP) is 3.39. The average Bonchev–Trinajstić information content (AvgIpc) is 2.30. The second-order valence-corrected chi connectivity index (χ2v) is 7.77. The number of amides is 2. The Morgan fingerprint density at radius 2 is 2.05 bits per heavy atom. The molecule has 1 aromatic carbocycles. The number of nitrogens with one attached hydrogen (secondary N) is 2. The van der Waals surface area contributed by atoms with Crippen LogP contribution in [0.2, 0.25) is 0 Å². The molecule has 1 rings (SSSR count). The van der Waals surface area contributed by atoms with E-state index >= 15 is 0 Å². The van der Waals surface area contributed by atoms with Gasteiger partial charge in [-0.3, -0.25) is 0 Å². The van der Waals surface area contributed by atoms with Gasteiger partial charge in [-0.2, -0.15) is 0 Å². The summed E-state index contributed by atoms with van der Waals surface area (Å²) in [6, 6.07) is 5.43. The molecule has 20 heavy (non-hydrogen) atoms. The van der Waals surface area contributed by atoms with Crippen LogP contribution in [0, 0.1) is 6.92 Å². The topological polar surface area (TPSA) is 61.4 Å². The Kier molecular flexibility index (Phi) is 5.89. The molecule has 0 aliphatic heterocycles. The van der Waals surface area contributed by atoms with E-state index in [-0.39, 0.29) is 23.4 Å². The van der Waals surface area contributed by atoms with E-state index in [0.717, 1.165) is 11.3 Å². The van der Waals surface area contributed by atoms with E-state index in [1.807, 2.05) is 19.1 Å². The number of rotatable bonds is 4. The van der Waals surface area contributed by atoms with Crippen LogP contribution < -0.4 is 10.6 Å². The van der Waals surface area contributed by atoms with Crippen LogP contribution in [0.25, 0.3) is 0 Å². The zero-order chi connectivity index (χ0) is 15.3. The molecule has 0 heterocycles. The van der Waals surface area contributed by atoms with Gasteiger partial charge in [-0.15, -0.1) is 11.8 Å². The minimum absolute atomic E-state index is 0.0758. The van der Waals surface area contributed by atoms with Gasteiger partial charge < -0.3 is 15.7 Å². The van der Waals surface area contributed by atoms with Gasteiger partial charge in [0.2, 0.25) is 0 Å². The van der Waals surface area contributed by atoms with Gasteiger partial charge in [0, 0.05) is 15.3 Å². The number of carbonyl (C=O) groups is 1. The zero-order valence-corrected chi connectivity index (χ0v) is 13.6. The number of aliphatic hydroxyl groups is 1. The largest absolute Gasteiger partial charge is 0.394 e. The van der Waals surface area contributed by atoms with Crippen LogP contribution in [0.5, 0.6) is 0 Å². The molecule has 0 spiro atoms. The first kappa shape index (κ1) is 16.9. The maximum absolute atomic E-state index is 11.7. The molecule has 0 saturated heterocycles. The molecule has 0 bridgehead atoms. The maximum Gasteiger partial charge on any atom is 0.319 e. The lowest BCUT2D eigenvalue weighted by molar-refractivity contribution is 0.229. The summed E-state index contributed by atoms with van der Waals surface area (Å²) in [5, 5.41) is 14.4. The predicted molar refractivity (Wildman–Crippen MR) is 85.5 cm³/mol. The number of hydrogen-bond donors (Lipinski definition) is 3. The number of hydrogen-bond acceptors (Lipinski definition) is 3. The number of urea groups is 1. The first-order chi connectivity index (χ1) is 9.21. The van der Waals surface area contributed by atoms with Crippen LogP contribution in [0.15, 0.2) is 23.1 Å². The van der Waals surface area contributed by atoms with E-state index in [0.29, 0.717) is 0 Å². The highest BCUT2D eigenvalue weighted by Gasteiger charge is 2.13. The minimum atomic E-state index is -0.300. The monoisotopic (exact) mass is 296 g/mol. The molecular formula is C15H24N2O2S. The molecule has 0 aliphatic rings. The normalized spacial score (nSPS) is 12.9. The summed E-state index contributed by atoms with van der Waals surface area (Å²) < 4.78 is 0.162. The molecule has 0 aromatic heterocycles. The molecule has 2 amide bonds. The van der Waals surface area contributed by atoms with Crippen LogP contribution in [-0.2, 0) is 0 Å². The Labute approximate surface area is 125 Å². The van der Waals surface area contributed by atoms with Crippen LogP contribution in [-0.4, -0.2) is 28.5 Å². The third kappa shape index (κ3) is 5.84. The fraction of sp³-hybridized carbons (Fsp3) is 0.533. The Bertz CT molecular complexity index is 469. The average molecular weight is 296 g/mol. The molecule has 112 valence electrons.